The van der Waals surface area contributed by atoms with Gasteiger partial charge in [0.15, 0.2) is 8.32 Å². The van der Waals surface area contributed by atoms with E-state index >= 15 is 0 Å². The molecule has 0 radical (unpaired) electrons. The molecule has 0 fully saturated rings. The van der Waals surface area contributed by atoms with Gasteiger partial charge < -0.3 is 9.53 Å². The molecule has 5 nitrogen and oxygen atoms in total. The maximum Gasteiger partial charge on any atom is 0.251 e. The fourth-order valence-electron chi connectivity index (χ4n) is 2.27. The molecule has 0 aromatic carbocycles. The lowest BCUT2D eigenvalue weighted by Crippen LogP contribution is -2.51. The first-order chi connectivity index (χ1) is 10.8. The molecule has 0 saturated carbocycles. The molecule has 0 bridgehead atoms. The first-order valence-electron chi connectivity index (χ1n) is 8.60. The average molecular weight is 360 g/mol. The molecule has 6 heteroatoms. The molecule has 24 heavy (non-hydrogen) atoms. The van der Waals surface area contributed by atoms with E-state index in [9.17, 15) is 9.90 Å². The maximum absolute atomic E-state index is 12.6. The zero-order valence-electron chi connectivity index (χ0n) is 17.1. The maximum atomic E-state index is 12.6. The molecule has 4 atom stereocenters. The van der Waals surface area contributed by atoms with Crippen LogP contribution in [0.25, 0.3) is 0 Å². The van der Waals surface area contributed by atoms with Crippen LogP contribution in [0.2, 0.25) is 18.1 Å². The molecule has 0 spiro atoms. The number of rotatable bonds is 8. The van der Waals surface area contributed by atoms with Crippen LogP contribution in [0.15, 0.2) is 12.2 Å². The van der Waals surface area contributed by atoms with Gasteiger partial charge in [0.2, 0.25) is 0 Å². The van der Waals surface area contributed by atoms with E-state index in [-0.39, 0.29) is 23.0 Å². The van der Waals surface area contributed by atoms with Crippen molar-refractivity contribution in [3.05, 3.63) is 12.2 Å². The molecule has 0 aliphatic carbocycles. The molecule has 0 aromatic heterocycles. The van der Waals surface area contributed by atoms with Crippen LogP contribution in [0.4, 0.5) is 0 Å². The molecule has 0 saturated heterocycles. The minimum atomic E-state index is -2.10. The van der Waals surface area contributed by atoms with Crippen LogP contribution in [-0.2, 0) is 14.1 Å². The SMILES string of the molecule is CC=C[C@@H](O)[C@H](C)[C@H](O[Si](C)(C)C(C)(C)C)[C@@H](C)C(=O)N(C)OC. The fraction of sp³-hybridized carbons (Fsp3) is 0.833. The van der Waals surface area contributed by atoms with Crippen LogP contribution in [-0.4, -0.2) is 50.8 Å². The normalized spacial score (nSPS) is 18.3. The summed E-state index contributed by atoms with van der Waals surface area (Å²) in [5.74, 6) is -0.778. The summed E-state index contributed by atoms with van der Waals surface area (Å²) in [6.45, 7) is 16.4. The van der Waals surface area contributed by atoms with Crippen LogP contribution in [0.3, 0.4) is 0 Å². The number of carbonyl (C=O) groups is 1. The Kier molecular flexibility index (Phi) is 8.87. The molecule has 0 heterocycles. The molecular weight excluding hydrogens is 322 g/mol. The zero-order valence-corrected chi connectivity index (χ0v) is 18.1. The van der Waals surface area contributed by atoms with E-state index in [1.807, 2.05) is 26.8 Å². The van der Waals surface area contributed by atoms with Crippen molar-refractivity contribution >= 4 is 14.2 Å². The molecule has 142 valence electrons. The van der Waals surface area contributed by atoms with E-state index in [2.05, 4.69) is 33.9 Å². The molecule has 0 unspecified atom stereocenters. The lowest BCUT2D eigenvalue weighted by atomic mass is 9.88. The predicted octanol–water partition coefficient (Wildman–Crippen LogP) is 3.61. The molecular formula is C18H37NO4Si. The Morgan fingerprint density at radius 3 is 2.12 bits per heavy atom. The number of carbonyl (C=O) groups excluding carboxylic acids is 1. The Balaban J connectivity index is 5.64. The highest BCUT2D eigenvalue weighted by atomic mass is 28.4. The average Bonchev–Trinajstić information content (AvgIpc) is 2.48. The van der Waals surface area contributed by atoms with Crippen molar-refractivity contribution in [2.24, 2.45) is 11.8 Å². The number of nitrogens with zero attached hydrogens (tertiary/aromatic N) is 1. The third kappa shape index (κ3) is 5.99. The summed E-state index contributed by atoms with van der Waals surface area (Å²) < 4.78 is 6.55. The van der Waals surface area contributed by atoms with Gasteiger partial charge in [-0.1, -0.05) is 46.8 Å². The molecule has 0 aromatic rings. The number of allylic oxidation sites excluding steroid dienone is 1. The highest BCUT2D eigenvalue weighted by Crippen LogP contribution is 2.39. The molecule has 1 amide bonds. The monoisotopic (exact) mass is 359 g/mol. The van der Waals surface area contributed by atoms with Crippen molar-refractivity contribution in [2.45, 2.75) is 71.9 Å². The Labute approximate surface area is 149 Å². The fourth-order valence-corrected chi connectivity index (χ4v) is 3.72. The smallest absolute Gasteiger partial charge is 0.251 e. The second-order valence-electron chi connectivity index (χ2n) is 8.03. The first-order valence-corrected chi connectivity index (χ1v) is 11.5. The number of hydrogen-bond acceptors (Lipinski definition) is 4. The lowest BCUT2D eigenvalue weighted by Gasteiger charge is -2.43. The van der Waals surface area contributed by atoms with E-state index in [0.717, 1.165) is 0 Å². The second kappa shape index (κ2) is 9.13. The summed E-state index contributed by atoms with van der Waals surface area (Å²) in [5, 5.41) is 11.7. The van der Waals surface area contributed by atoms with Gasteiger partial charge >= 0.3 is 0 Å². The minimum absolute atomic E-state index is 0.0203. The number of aliphatic hydroxyl groups excluding tert-OH is 1. The van der Waals surface area contributed by atoms with Crippen molar-refractivity contribution < 1.29 is 19.2 Å². The van der Waals surface area contributed by atoms with E-state index in [4.69, 9.17) is 9.26 Å². The molecule has 0 aliphatic heterocycles. The highest BCUT2D eigenvalue weighted by molar-refractivity contribution is 6.74. The van der Waals surface area contributed by atoms with Crippen LogP contribution < -0.4 is 0 Å². The topological polar surface area (TPSA) is 59.0 Å². The summed E-state index contributed by atoms with van der Waals surface area (Å²) in [4.78, 5) is 17.6. The Bertz CT molecular complexity index is 431. The van der Waals surface area contributed by atoms with E-state index < -0.39 is 20.3 Å². The standard InChI is InChI=1S/C18H37NO4Si/c1-11-12-15(20)13(2)16(14(3)17(21)19(7)22-8)23-24(9,10)18(4,5)6/h11-16,20H,1-10H3/t13-,14+,15+,16-/m0/s1. The lowest BCUT2D eigenvalue weighted by molar-refractivity contribution is -0.177. The van der Waals surface area contributed by atoms with E-state index in [1.54, 1.807) is 13.1 Å². The van der Waals surface area contributed by atoms with Gasteiger partial charge in [-0.2, -0.15) is 0 Å². The van der Waals surface area contributed by atoms with Crippen LogP contribution in [0.1, 0.15) is 41.5 Å². The number of amides is 1. The Morgan fingerprint density at radius 2 is 1.75 bits per heavy atom. The van der Waals surface area contributed by atoms with Gasteiger partial charge in [-0.25, -0.2) is 5.06 Å². The van der Waals surface area contributed by atoms with Crippen LogP contribution in [0.5, 0.6) is 0 Å². The molecule has 1 N–H and O–H groups in total. The molecule has 0 aliphatic rings. The first kappa shape index (κ1) is 23.3. The summed E-state index contributed by atoms with van der Waals surface area (Å²) in [5.41, 5.74) is 0. The van der Waals surface area contributed by atoms with Crippen molar-refractivity contribution in [2.75, 3.05) is 14.2 Å². The third-order valence-electron chi connectivity index (χ3n) is 5.15. The minimum Gasteiger partial charge on any atom is -0.413 e. The van der Waals surface area contributed by atoms with Gasteiger partial charge in [-0.3, -0.25) is 9.63 Å². The summed E-state index contributed by atoms with van der Waals surface area (Å²) >= 11 is 0. The van der Waals surface area contributed by atoms with Gasteiger partial charge in [0.25, 0.3) is 5.91 Å². The van der Waals surface area contributed by atoms with Gasteiger partial charge in [-0.05, 0) is 25.1 Å². The van der Waals surface area contributed by atoms with Gasteiger partial charge in [0.1, 0.15) is 0 Å². The van der Waals surface area contributed by atoms with Crippen molar-refractivity contribution in [3.8, 4) is 0 Å². The Morgan fingerprint density at radius 1 is 1.25 bits per heavy atom. The number of aliphatic hydroxyl groups is 1. The van der Waals surface area contributed by atoms with Crippen molar-refractivity contribution in [1.29, 1.82) is 0 Å². The van der Waals surface area contributed by atoms with E-state index in [1.165, 1.54) is 12.2 Å². The van der Waals surface area contributed by atoms with E-state index in [0.29, 0.717) is 0 Å². The Hall–Kier alpha value is -0.693. The van der Waals surface area contributed by atoms with Gasteiger partial charge in [0.05, 0.1) is 25.2 Å². The highest BCUT2D eigenvalue weighted by Gasteiger charge is 2.44. The van der Waals surface area contributed by atoms with Gasteiger partial charge in [0, 0.05) is 13.0 Å². The quantitative estimate of drug-likeness (QED) is 0.409. The third-order valence-corrected chi connectivity index (χ3v) is 9.62. The zero-order chi connectivity index (χ0) is 19.3. The molecule has 0 rings (SSSR count). The number of hydrogen-bond donors (Lipinski definition) is 1. The summed E-state index contributed by atoms with van der Waals surface area (Å²) in [6, 6.07) is 0. The largest absolute Gasteiger partial charge is 0.413 e. The number of hydroxylamine groups is 2. The van der Waals surface area contributed by atoms with Crippen LogP contribution >= 0.6 is 0 Å². The summed E-state index contributed by atoms with van der Waals surface area (Å²) in [7, 11) is 0.957. The van der Waals surface area contributed by atoms with Crippen molar-refractivity contribution in [1.82, 2.24) is 5.06 Å². The summed E-state index contributed by atoms with van der Waals surface area (Å²) in [6.07, 6.45) is 2.51. The second-order valence-corrected chi connectivity index (χ2v) is 12.8. The predicted molar refractivity (Wildman–Crippen MR) is 101 cm³/mol. The van der Waals surface area contributed by atoms with Crippen LogP contribution in [0, 0.1) is 11.8 Å². The van der Waals surface area contributed by atoms with Gasteiger partial charge in [-0.15, -0.1) is 0 Å². The van der Waals surface area contributed by atoms with Crippen molar-refractivity contribution in [3.63, 3.8) is 0 Å².